The van der Waals surface area contributed by atoms with Crippen molar-refractivity contribution in [1.29, 1.82) is 0 Å². The first-order valence-electron chi connectivity index (χ1n) is 8.83. The monoisotopic (exact) mass is 323 g/mol. The largest absolute Gasteiger partial charge is 0.497 e. The van der Waals surface area contributed by atoms with Crippen molar-refractivity contribution in [3.8, 4) is 11.5 Å². The van der Waals surface area contributed by atoms with Crippen LogP contribution in [-0.2, 0) is 0 Å². The Morgan fingerprint density at radius 3 is 2.54 bits per heavy atom. The molecule has 0 bridgehead atoms. The van der Waals surface area contributed by atoms with E-state index in [1.165, 1.54) is 16.7 Å². The molecular weight excluding hydrogens is 298 g/mol. The van der Waals surface area contributed by atoms with E-state index >= 15 is 0 Å². The summed E-state index contributed by atoms with van der Waals surface area (Å²) in [5.74, 6) is 2.24. The average Bonchev–Trinajstić information content (AvgIpc) is 2.62. The van der Waals surface area contributed by atoms with Crippen LogP contribution in [0.5, 0.6) is 11.5 Å². The second kappa shape index (κ2) is 6.14. The van der Waals surface area contributed by atoms with E-state index in [1.807, 2.05) is 6.07 Å². The lowest BCUT2D eigenvalue weighted by atomic mass is 9.75. The fraction of sp³-hybridized carbons (Fsp3) is 0.429. The van der Waals surface area contributed by atoms with Crippen molar-refractivity contribution in [1.82, 2.24) is 5.32 Å². The molecule has 3 nitrogen and oxygen atoms in total. The molecule has 2 aromatic rings. The molecule has 3 heteroatoms. The van der Waals surface area contributed by atoms with Crippen molar-refractivity contribution in [2.45, 2.75) is 37.7 Å². The van der Waals surface area contributed by atoms with Crippen LogP contribution in [-0.4, -0.2) is 25.8 Å². The van der Waals surface area contributed by atoms with E-state index in [-0.39, 0.29) is 5.60 Å². The van der Waals surface area contributed by atoms with Gasteiger partial charge in [0.05, 0.1) is 7.11 Å². The summed E-state index contributed by atoms with van der Waals surface area (Å²) in [6, 6.07) is 15.2. The first-order valence-corrected chi connectivity index (χ1v) is 8.83. The Labute approximate surface area is 144 Å². The van der Waals surface area contributed by atoms with E-state index in [2.05, 4.69) is 48.6 Å². The van der Waals surface area contributed by atoms with Gasteiger partial charge in [-0.2, -0.15) is 0 Å². The smallest absolute Gasteiger partial charge is 0.127 e. The van der Waals surface area contributed by atoms with Crippen molar-refractivity contribution in [2.75, 3.05) is 20.2 Å². The van der Waals surface area contributed by atoms with Crippen LogP contribution in [0.4, 0.5) is 0 Å². The normalized spacial score (nSPS) is 21.8. The molecule has 0 saturated carbocycles. The Balaban J connectivity index is 1.78. The summed E-state index contributed by atoms with van der Waals surface area (Å²) < 4.78 is 12.0. The Hall–Kier alpha value is -2.00. The fourth-order valence-corrected chi connectivity index (χ4v) is 4.06. The summed E-state index contributed by atoms with van der Waals surface area (Å²) in [7, 11) is 1.71. The van der Waals surface area contributed by atoms with Gasteiger partial charge in [0.15, 0.2) is 0 Å². The number of nitrogens with one attached hydrogen (secondary N) is 1. The van der Waals surface area contributed by atoms with Crippen LogP contribution in [0.3, 0.4) is 0 Å². The van der Waals surface area contributed by atoms with Crippen molar-refractivity contribution >= 4 is 0 Å². The van der Waals surface area contributed by atoms with Gasteiger partial charge in [-0.15, -0.1) is 0 Å². The molecule has 2 aromatic carbocycles. The topological polar surface area (TPSA) is 30.5 Å². The zero-order valence-corrected chi connectivity index (χ0v) is 14.5. The van der Waals surface area contributed by atoms with Gasteiger partial charge in [0.1, 0.15) is 17.1 Å². The molecule has 0 aliphatic carbocycles. The summed E-state index contributed by atoms with van der Waals surface area (Å²) in [4.78, 5) is 0. The minimum Gasteiger partial charge on any atom is -0.497 e. The van der Waals surface area contributed by atoms with E-state index < -0.39 is 0 Å². The summed E-state index contributed by atoms with van der Waals surface area (Å²) >= 11 is 0. The molecule has 1 atom stereocenters. The zero-order valence-electron chi connectivity index (χ0n) is 14.5. The SMILES string of the molecule is COc1ccc2c(c1)OC1(CCNCC1)CC2c1ccc(C)cc1. The Kier molecular flexibility index (Phi) is 3.97. The number of ether oxygens (including phenoxy) is 2. The molecule has 0 aromatic heterocycles. The third kappa shape index (κ3) is 2.78. The third-order valence-electron chi connectivity index (χ3n) is 5.49. The molecule has 1 spiro atoms. The molecule has 2 aliphatic rings. The number of hydrogen-bond donors (Lipinski definition) is 1. The molecule has 1 N–H and O–H groups in total. The van der Waals surface area contributed by atoms with Gasteiger partial charge in [-0.25, -0.2) is 0 Å². The van der Waals surface area contributed by atoms with Gasteiger partial charge in [-0.1, -0.05) is 35.9 Å². The van der Waals surface area contributed by atoms with Gasteiger partial charge >= 0.3 is 0 Å². The van der Waals surface area contributed by atoms with Crippen LogP contribution in [0.15, 0.2) is 42.5 Å². The number of methoxy groups -OCH3 is 1. The zero-order chi connectivity index (χ0) is 16.6. The van der Waals surface area contributed by atoms with Gasteiger partial charge in [0.2, 0.25) is 0 Å². The maximum Gasteiger partial charge on any atom is 0.127 e. The molecule has 1 fully saturated rings. The summed E-state index contributed by atoms with van der Waals surface area (Å²) in [6.07, 6.45) is 3.18. The van der Waals surface area contributed by atoms with E-state index in [1.54, 1.807) is 7.11 Å². The molecule has 2 heterocycles. The molecule has 0 radical (unpaired) electrons. The number of aryl methyl sites for hydroxylation is 1. The van der Waals surface area contributed by atoms with Gasteiger partial charge < -0.3 is 14.8 Å². The molecule has 24 heavy (non-hydrogen) atoms. The van der Waals surface area contributed by atoms with Crippen LogP contribution < -0.4 is 14.8 Å². The Morgan fingerprint density at radius 1 is 1.08 bits per heavy atom. The van der Waals surface area contributed by atoms with Crippen LogP contribution in [0.25, 0.3) is 0 Å². The quantitative estimate of drug-likeness (QED) is 0.905. The number of fused-ring (bicyclic) bond motifs is 1. The summed E-state index contributed by atoms with van der Waals surface area (Å²) in [5.41, 5.74) is 3.91. The van der Waals surface area contributed by atoms with Gasteiger partial charge in [-0.3, -0.25) is 0 Å². The Morgan fingerprint density at radius 2 is 1.83 bits per heavy atom. The van der Waals surface area contributed by atoms with Gasteiger partial charge in [-0.05, 0) is 50.9 Å². The highest BCUT2D eigenvalue weighted by Crippen LogP contribution is 2.48. The molecular formula is C21H25NO2. The van der Waals surface area contributed by atoms with Gasteiger partial charge in [0.25, 0.3) is 0 Å². The maximum atomic E-state index is 6.56. The highest BCUT2D eigenvalue weighted by molar-refractivity contribution is 5.49. The second-order valence-corrected chi connectivity index (χ2v) is 7.11. The van der Waals surface area contributed by atoms with Crippen LogP contribution in [0.1, 0.15) is 41.9 Å². The Bertz CT molecular complexity index is 717. The van der Waals surface area contributed by atoms with Crippen LogP contribution >= 0.6 is 0 Å². The minimum absolute atomic E-state index is 0.0554. The molecule has 2 aliphatic heterocycles. The minimum atomic E-state index is -0.0554. The van der Waals surface area contributed by atoms with E-state index in [0.717, 1.165) is 43.9 Å². The highest BCUT2D eigenvalue weighted by atomic mass is 16.5. The molecule has 0 amide bonds. The van der Waals surface area contributed by atoms with Crippen LogP contribution in [0, 0.1) is 6.92 Å². The lowest BCUT2D eigenvalue weighted by Gasteiger charge is -2.45. The van der Waals surface area contributed by atoms with E-state index in [0.29, 0.717) is 5.92 Å². The van der Waals surface area contributed by atoms with E-state index in [4.69, 9.17) is 9.47 Å². The van der Waals surface area contributed by atoms with E-state index in [9.17, 15) is 0 Å². The maximum absolute atomic E-state index is 6.56. The molecule has 1 saturated heterocycles. The fourth-order valence-electron chi connectivity index (χ4n) is 4.06. The number of benzene rings is 2. The van der Waals surface area contributed by atoms with Crippen molar-refractivity contribution in [3.63, 3.8) is 0 Å². The molecule has 126 valence electrons. The predicted molar refractivity (Wildman–Crippen MR) is 96.1 cm³/mol. The first-order chi connectivity index (χ1) is 11.7. The van der Waals surface area contributed by atoms with Gasteiger partial charge in [0, 0.05) is 17.5 Å². The van der Waals surface area contributed by atoms with Crippen molar-refractivity contribution < 1.29 is 9.47 Å². The predicted octanol–water partition coefficient (Wildman–Crippen LogP) is 4.04. The first kappa shape index (κ1) is 15.5. The second-order valence-electron chi connectivity index (χ2n) is 7.11. The van der Waals surface area contributed by atoms with Crippen molar-refractivity contribution in [2.24, 2.45) is 0 Å². The highest BCUT2D eigenvalue weighted by Gasteiger charge is 2.42. The molecule has 1 unspecified atom stereocenters. The number of piperidine rings is 1. The summed E-state index contributed by atoms with van der Waals surface area (Å²) in [5, 5.41) is 3.46. The number of hydrogen-bond acceptors (Lipinski definition) is 3. The lowest BCUT2D eigenvalue weighted by Crippen LogP contribution is -2.49. The summed E-state index contributed by atoms with van der Waals surface area (Å²) in [6.45, 7) is 4.20. The third-order valence-corrected chi connectivity index (χ3v) is 5.49. The van der Waals surface area contributed by atoms with Crippen LogP contribution in [0.2, 0.25) is 0 Å². The van der Waals surface area contributed by atoms with Crippen molar-refractivity contribution in [3.05, 3.63) is 59.2 Å². The average molecular weight is 323 g/mol. The molecule has 4 rings (SSSR count). The standard InChI is InChI=1S/C21H25NO2/c1-15-3-5-16(6-4-15)19-14-21(9-11-22-12-10-21)24-20-13-17(23-2)7-8-18(19)20/h3-8,13,19,22H,9-12,14H2,1-2H3. The lowest BCUT2D eigenvalue weighted by molar-refractivity contribution is 0.0112. The number of rotatable bonds is 2.